The molecule has 0 saturated carbocycles. The van der Waals surface area contributed by atoms with Gasteiger partial charge in [-0.25, -0.2) is 0 Å². The Balaban J connectivity index is 3.20. The van der Waals surface area contributed by atoms with Gasteiger partial charge in [0.25, 0.3) is 0 Å². The summed E-state index contributed by atoms with van der Waals surface area (Å²) in [5.74, 6) is 1.04. The molecule has 0 heterocycles. The molecular formula is C11H10ClNO2. The molecule has 15 heavy (non-hydrogen) atoms. The highest BCUT2D eigenvalue weighted by Gasteiger charge is 2.09. The first kappa shape index (κ1) is 11.4. The van der Waals surface area contributed by atoms with Crippen LogP contribution in [0.2, 0.25) is 5.02 Å². The molecule has 0 aliphatic rings. The molecule has 0 aromatic heterocycles. The van der Waals surface area contributed by atoms with Gasteiger partial charge in [-0.1, -0.05) is 11.6 Å². The van der Waals surface area contributed by atoms with Crippen molar-refractivity contribution in [2.45, 2.75) is 0 Å². The van der Waals surface area contributed by atoms with E-state index in [4.69, 9.17) is 26.3 Å². The first-order valence-corrected chi connectivity index (χ1v) is 4.58. The van der Waals surface area contributed by atoms with E-state index in [9.17, 15) is 0 Å². The van der Waals surface area contributed by atoms with Gasteiger partial charge in [-0.15, -0.1) is 0 Å². The predicted octanol–water partition coefficient (Wildman–Crippen LogP) is 2.89. The van der Waals surface area contributed by atoms with Crippen molar-refractivity contribution in [3.8, 4) is 17.6 Å². The number of benzene rings is 1. The third kappa shape index (κ3) is 2.64. The van der Waals surface area contributed by atoms with Crippen LogP contribution in [-0.2, 0) is 0 Å². The zero-order valence-electron chi connectivity index (χ0n) is 8.45. The van der Waals surface area contributed by atoms with E-state index in [-0.39, 0.29) is 0 Å². The van der Waals surface area contributed by atoms with Gasteiger partial charge in [0.2, 0.25) is 0 Å². The molecule has 0 spiro atoms. The molecule has 0 aliphatic carbocycles. The second kappa shape index (κ2) is 5.28. The van der Waals surface area contributed by atoms with Crippen molar-refractivity contribution in [1.29, 1.82) is 5.26 Å². The molecule has 0 bridgehead atoms. The van der Waals surface area contributed by atoms with Crippen LogP contribution in [0, 0.1) is 11.3 Å². The van der Waals surface area contributed by atoms with Crippen molar-refractivity contribution in [2.75, 3.05) is 14.2 Å². The number of ether oxygens (including phenoxy) is 2. The molecule has 78 valence electrons. The summed E-state index contributed by atoms with van der Waals surface area (Å²) < 4.78 is 10.2. The maximum absolute atomic E-state index is 8.40. The first-order chi connectivity index (χ1) is 7.22. The number of rotatable bonds is 3. The Bertz CT molecular complexity index is 421. The molecule has 0 radical (unpaired) electrons. The van der Waals surface area contributed by atoms with E-state index in [0.717, 1.165) is 5.56 Å². The summed E-state index contributed by atoms with van der Waals surface area (Å²) in [6.07, 6.45) is 3.02. The highest BCUT2D eigenvalue weighted by Crippen LogP contribution is 2.36. The van der Waals surface area contributed by atoms with Crippen LogP contribution in [0.1, 0.15) is 5.56 Å². The fourth-order valence-corrected chi connectivity index (χ4v) is 1.46. The predicted molar refractivity (Wildman–Crippen MR) is 59.2 cm³/mol. The summed E-state index contributed by atoms with van der Waals surface area (Å²) in [5, 5.41) is 8.85. The third-order valence-electron chi connectivity index (χ3n) is 1.81. The molecule has 0 atom stereocenters. The summed E-state index contributed by atoms with van der Waals surface area (Å²) in [4.78, 5) is 0. The van der Waals surface area contributed by atoms with E-state index in [0.29, 0.717) is 16.5 Å². The van der Waals surface area contributed by atoms with Crippen molar-refractivity contribution in [1.82, 2.24) is 0 Å². The third-order valence-corrected chi connectivity index (χ3v) is 2.09. The molecule has 3 nitrogen and oxygen atoms in total. The topological polar surface area (TPSA) is 42.2 Å². The van der Waals surface area contributed by atoms with E-state index in [1.54, 1.807) is 18.2 Å². The summed E-state index contributed by atoms with van der Waals surface area (Å²) >= 11 is 5.97. The van der Waals surface area contributed by atoms with Crippen LogP contribution in [0.5, 0.6) is 11.5 Å². The molecule has 1 aromatic carbocycles. The average molecular weight is 224 g/mol. The Labute approximate surface area is 93.5 Å². The van der Waals surface area contributed by atoms with Gasteiger partial charge in [0.1, 0.15) is 0 Å². The van der Waals surface area contributed by atoms with Crippen molar-refractivity contribution in [3.05, 3.63) is 28.8 Å². The Morgan fingerprint density at radius 3 is 2.60 bits per heavy atom. The highest BCUT2D eigenvalue weighted by molar-refractivity contribution is 6.32. The fourth-order valence-electron chi connectivity index (χ4n) is 1.17. The summed E-state index contributed by atoms with van der Waals surface area (Å²) in [6, 6.07) is 5.36. The Hall–Kier alpha value is -1.66. The number of hydrogen-bond donors (Lipinski definition) is 0. The lowest BCUT2D eigenvalue weighted by atomic mass is 10.2. The summed E-state index contributed by atoms with van der Waals surface area (Å²) in [5.41, 5.74) is 0.791. The SMILES string of the molecule is COc1cc(C=CC#N)cc(Cl)c1OC. The monoisotopic (exact) mass is 223 g/mol. The second-order valence-electron chi connectivity index (χ2n) is 2.70. The maximum Gasteiger partial charge on any atom is 0.179 e. The Morgan fingerprint density at radius 2 is 2.07 bits per heavy atom. The molecular weight excluding hydrogens is 214 g/mol. The number of hydrogen-bond acceptors (Lipinski definition) is 3. The summed E-state index contributed by atoms with van der Waals surface area (Å²) in [6.45, 7) is 0. The fraction of sp³-hybridized carbons (Fsp3) is 0.182. The minimum absolute atomic E-state index is 0.453. The maximum atomic E-state index is 8.40. The second-order valence-corrected chi connectivity index (χ2v) is 3.11. The van der Waals surface area contributed by atoms with Gasteiger partial charge in [-0.2, -0.15) is 5.26 Å². The van der Waals surface area contributed by atoms with Crippen molar-refractivity contribution < 1.29 is 9.47 Å². The van der Waals surface area contributed by atoms with Gasteiger partial charge in [0.15, 0.2) is 11.5 Å². The molecule has 1 rings (SSSR count). The van der Waals surface area contributed by atoms with E-state index in [2.05, 4.69) is 0 Å². The minimum atomic E-state index is 0.453. The van der Waals surface area contributed by atoms with Crippen LogP contribution >= 0.6 is 11.6 Å². The number of nitriles is 1. The zero-order valence-corrected chi connectivity index (χ0v) is 9.21. The lowest BCUT2D eigenvalue weighted by Crippen LogP contribution is -1.92. The van der Waals surface area contributed by atoms with Gasteiger partial charge >= 0.3 is 0 Å². The summed E-state index contributed by atoms with van der Waals surface area (Å²) in [7, 11) is 3.06. The van der Waals surface area contributed by atoms with Crippen molar-refractivity contribution in [2.24, 2.45) is 0 Å². The molecule has 0 unspecified atom stereocenters. The number of nitrogens with zero attached hydrogens (tertiary/aromatic N) is 1. The Morgan fingerprint density at radius 1 is 1.33 bits per heavy atom. The molecule has 4 heteroatoms. The molecule has 0 N–H and O–H groups in total. The number of methoxy groups -OCH3 is 2. The Kier molecular flexibility index (Phi) is 4.02. The quantitative estimate of drug-likeness (QED) is 0.740. The molecule has 0 fully saturated rings. The van der Waals surface area contributed by atoms with E-state index >= 15 is 0 Å². The standard InChI is InChI=1S/C11H10ClNO2/c1-14-10-7-8(4-3-5-13)6-9(12)11(10)15-2/h3-4,6-7H,1-2H3. The molecule has 0 amide bonds. The largest absolute Gasteiger partial charge is 0.493 e. The van der Waals surface area contributed by atoms with Crippen LogP contribution in [0.3, 0.4) is 0 Å². The van der Waals surface area contributed by atoms with Gasteiger partial charge in [-0.05, 0) is 23.8 Å². The van der Waals surface area contributed by atoms with E-state index in [1.165, 1.54) is 20.3 Å². The molecule has 1 aromatic rings. The number of allylic oxidation sites excluding steroid dienone is 1. The van der Waals surface area contributed by atoms with Gasteiger partial charge in [-0.3, -0.25) is 0 Å². The van der Waals surface area contributed by atoms with E-state index < -0.39 is 0 Å². The smallest absolute Gasteiger partial charge is 0.179 e. The van der Waals surface area contributed by atoms with Crippen LogP contribution in [0.15, 0.2) is 18.2 Å². The van der Waals surface area contributed by atoms with Gasteiger partial charge in [0, 0.05) is 6.08 Å². The first-order valence-electron chi connectivity index (χ1n) is 4.20. The zero-order chi connectivity index (χ0) is 11.3. The number of halogens is 1. The van der Waals surface area contributed by atoms with Crippen molar-refractivity contribution >= 4 is 17.7 Å². The highest BCUT2D eigenvalue weighted by atomic mass is 35.5. The van der Waals surface area contributed by atoms with E-state index in [1.807, 2.05) is 6.07 Å². The van der Waals surface area contributed by atoms with Crippen LogP contribution in [0.4, 0.5) is 0 Å². The average Bonchev–Trinajstić information content (AvgIpc) is 2.25. The van der Waals surface area contributed by atoms with Gasteiger partial charge in [0.05, 0.1) is 25.3 Å². The van der Waals surface area contributed by atoms with Crippen LogP contribution < -0.4 is 9.47 Å². The van der Waals surface area contributed by atoms with Crippen LogP contribution in [0.25, 0.3) is 6.08 Å². The molecule has 0 saturated heterocycles. The van der Waals surface area contributed by atoms with Gasteiger partial charge < -0.3 is 9.47 Å². The van der Waals surface area contributed by atoms with Crippen LogP contribution in [-0.4, -0.2) is 14.2 Å². The minimum Gasteiger partial charge on any atom is -0.493 e. The normalized spacial score (nSPS) is 10.0. The molecule has 0 aliphatic heterocycles. The van der Waals surface area contributed by atoms with Crippen molar-refractivity contribution in [3.63, 3.8) is 0 Å². The lowest BCUT2D eigenvalue weighted by Gasteiger charge is -2.09. The lowest BCUT2D eigenvalue weighted by molar-refractivity contribution is 0.355.